The summed E-state index contributed by atoms with van der Waals surface area (Å²) in [5.74, 6) is 7.45. The number of rotatable bonds is 4. The molecule has 0 aliphatic carbocycles. The number of nitrogens with two attached hydrogens (primary N) is 1. The normalized spacial score (nSPS) is 11.2. The van der Waals surface area contributed by atoms with Crippen molar-refractivity contribution in [1.82, 2.24) is 14.9 Å². The van der Waals surface area contributed by atoms with Crippen molar-refractivity contribution in [2.75, 3.05) is 5.84 Å². The van der Waals surface area contributed by atoms with E-state index in [1.165, 1.54) is 32.8 Å². The van der Waals surface area contributed by atoms with Gasteiger partial charge in [0.1, 0.15) is 0 Å². The molecule has 0 aliphatic rings. The standard InChI is InChI=1S/C19H14Cl2N4S/c20-14-8-9-16(17(21)10-14)18-23-24-19(25(18)22)26-11-13-6-3-5-12-4-1-2-7-15(12)13/h1-10H,11,22H2. The second kappa shape index (κ2) is 7.19. The van der Waals surface area contributed by atoms with Crippen molar-refractivity contribution < 1.29 is 0 Å². The number of aromatic nitrogens is 3. The Morgan fingerprint density at radius 3 is 2.62 bits per heavy atom. The fourth-order valence-corrected chi connectivity index (χ4v) is 4.14. The van der Waals surface area contributed by atoms with Crippen LogP contribution in [-0.2, 0) is 5.75 Å². The van der Waals surface area contributed by atoms with Gasteiger partial charge in [-0.1, -0.05) is 77.4 Å². The van der Waals surface area contributed by atoms with Crippen LogP contribution in [-0.4, -0.2) is 14.9 Å². The van der Waals surface area contributed by atoms with E-state index in [9.17, 15) is 0 Å². The Morgan fingerprint density at radius 1 is 0.962 bits per heavy atom. The summed E-state index contributed by atoms with van der Waals surface area (Å²) in [7, 11) is 0. The Labute approximate surface area is 164 Å². The molecule has 0 unspecified atom stereocenters. The van der Waals surface area contributed by atoms with Gasteiger partial charge in [0, 0.05) is 16.3 Å². The van der Waals surface area contributed by atoms with Crippen LogP contribution in [0.25, 0.3) is 22.2 Å². The van der Waals surface area contributed by atoms with Crippen LogP contribution in [0.2, 0.25) is 10.0 Å². The van der Waals surface area contributed by atoms with Crippen LogP contribution in [0.5, 0.6) is 0 Å². The molecule has 26 heavy (non-hydrogen) atoms. The average Bonchev–Trinajstić information content (AvgIpc) is 3.00. The Balaban J connectivity index is 1.61. The third kappa shape index (κ3) is 3.26. The van der Waals surface area contributed by atoms with Crippen LogP contribution in [0.3, 0.4) is 0 Å². The SMILES string of the molecule is Nn1c(SCc2cccc3ccccc23)nnc1-c1ccc(Cl)cc1Cl. The number of halogens is 2. The van der Waals surface area contributed by atoms with Gasteiger partial charge in [0.2, 0.25) is 5.16 Å². The lowest BCUT2D eigenvalue weighted by Gasteiger charge is -2.07. The van der Waals surface area contributed by atoms with E-state index in [1.807, 2.05) is 12.1 Å². The van der Waals surface area contributed by atoms with E-state index in [4.69, 9.17) is 29.0 Å². The zero-order valence-corrected chi connectivity index (χ0v) is 15.9. The lowest BCUT2D eigenvalue weighted by atomic mass is 10.1. The molecule has 0 atom stereocenters. The van der Waals surface area contributed by atoms with Crippen LogP contribution < -0.4 is 5.84 Å². The number of nitrogens with zero attached hydrogens (tertiary/aromatic N) is 3. The van der Waals surface area contributed by atoms with Crippen LogP contribution >= 0.6 is 35.0 Å². The maximum absolute atomic E-state index is 6.26. The summed E-state index contributed by atoms with van der Waals surface area (Å²) in [5, 5.41) is 12.5. The molecule has 4 aromatic rings. The molecule has 0 spiro atoms. The molecule has 0 amide bonds. The molecule has 1 aromatic heterocycles. The van der Waals surface area contributed by atoms with E-state index < -0.39 is 0 Å². The largest absolute Gasteiger partial charge is 0.335 e. The molecule has 3 aromatic carbocycles. The summed E-state index contributed by atoms with van der Waals surface area (Å²) in [6.07, 6.45) is 0. The Kier molecular flexibility index (Phi) is 4.76. The molecule has 4 rings (SSSR count). The van der Waals surface area contributed by atoms with E-state index in [2.05, 4.69) is 40.5 Å². The first-order valence-corrected chi connectivity index (χ1v) is 9.63. The summed E-state index contributed by atoms with van der Waals surface area (Å²) >= 11 is 13.7. The summed E-state index contributed by atoms with van der Waals surface area (Å²) in [4.78, 5) is 0. The third-order valence-corrected chi connectivity index (χ3v) is 5.61. The minimum Gasteiger partial charge on any atom is -0.335 e. The molecule has 0 aliphatic heterocycles. The van der Waals surface area contributed by atoms with Crippen molar-refractivity contribution in [1.29, 1.82) is 0 Å². The highest BCUT2D eigenvalue weighted by Gasteiger charge is 2.15. The highest BCUT2D eigenvalue weighted by molar-refractivity contribution is 7.98. The van der Waals surface area contributed by atoms with Crippen molar-refractivity contribution in [3.05, 3.63) is 76.3 Å². The highest BCUT2D eigenvalue weighted by Crippen LogP contribution is 2.31. The predicted molar refractivity (Wildman–Crippen MR) is 109 cm³/mol. The van der Waals surface area contributed by atoms with Gasteiger partial charge in [0.25, 0.3) is 0 Å². The third-order valence-electron chi connectivity index (χ3n) is 4.07. The number of nitrogen functional groups attached to an aromatic ring is 1. The van der Waals surface area contributed by atoms with Gasteiger partial charge in [0.15, 0.2) is 5.82 Å². The molecule has 130 valence electrons. The monoisotopic (exact) mass is 400 g/mol. The van der Waals surface area contributed by atoms with Crippen LogP contribution in [0.4, 0.5) is 0 Å². The molecule has 7 heteroatoms. The van der Waals surface area contributed by atoms with Crippen molar-refractivity contribution in [2.45, 2.75) is 10.9 Å². The number of fused-ring (bicyclic) bond motifs is 1. The van der Waals surface area contributed by atoms with Gasteiger partial charge >= 0.3 is 0 Å². The number of thioether (sulfide) groups is 1. The van der Waals surface area contributed by atoms with Gasteiger partial charge in [0.05, 0.1) is 5.02 Å². The first-order chi connectivity index (χ1) is 12.6. The summed E-state index contributed by atoms with van der Waals surface area (Å²) in [6.45, 7) is 0. The van der Waals surface area contributed by atoms with E-state index in [1.54, 1.807) is 18.2 Å². The molecule has 1 heterocycles. The number of benzene rings is 3. The first kappa shape index (κ1) is 17.2. The summed E-state index contributed by atoms with van der Waals surface area (Å²) in [6, 6.07) is 19.8. The predicted octanol–water partition coefficient (Wildman–Crippen LogP) is 5.41. The molecule has 0 saturated heterocycles. The van der Waals surface area contributed by atoms with Gasteiger partial charge in [-0.15, -0.1) is 10.2 Å². The van der Waals surface area contributed by atoms with Gasteiger partial charge in [-0.3, -0.25) is 0 Å². The minimum absolute atomic E-state index is 0.488. The van der Waals surface area contributed by atoms with Crippen molar-refractivity contribution in [3.8, 4) is 11.4 Å². The maximum atomic E-state index is 6.26. The molecule has 2 N–H and O–H groups in total. The van der Waals surface area contributed by atoms with Gasteiger partial charge in [-0.25, -0.2) is 4.68 Å². The smallest absolute Gasteiger partial charge is 0.210 e. The summed E-state index contributed by atoms with van der Waals surface area (Å²) < 4.78 is 1.46. The van der Waals surface area contributed by atoms with Crippen LogP contribution in [0.1, 0.15) is 5.56 Å². The minimum atomic E-state index is 0.488. The first-order valence-electron chi connectivity index (χ1n) is 7.89. The molecule has 0 bridgehead atoms. The van der Waals surface area contributed by atoms with Crippen molar-refractivity contribution in [3.63, 3.8) is 0 Å². The highest BCUT2D eigenvalue weighted by atomic mass is 35.5. The average molecular weight is 401 g/mol. The Bertz CT molecular complexity index is 1090. The maximum Gasteiger partial charge on any atom is 0.210 e. The van der Waals surface area contributed by atoms with E-state index in [0.29, 0.717) is 26.6 Å². The lowest BCUT2D eigenvalue weighted by molar-refractivity contribution is 0.850. The molecule has 0 fully saturated rings. The molecule has 0 radical (unpaired) electrons. The zero-order valence-electron chi connectivity index (χ0n) is 13.6. The van der Waals surface area contributed by atoms with E-state index >= 15 is 0 Å². The van der Waals surface area contributed by atoms with Gasteiger partial charge in [-0.2, -0.15) is 0 Å². The molecular formula is C19H14Cl2N4S. The summed E-state index contributed by atoms with van der Waals surface area (Å²) in [5.41, 5.74) is 1.92. The topological polar surface area (TPSA) is 56.7 Å². The van der Waals surface area contributed by atoms with E-state index in [0.717, 1.165) is 5.75 Å². The van der Waals surface area contributed by atoms with Crippen LogP contribution in [0, 0.1) is 0 Å². The lowest BCUT2D eigenvalue weighted by Crippen LogP contribution is -2.11. The second-order valence-electron chi connectivity index (χ2n) is 5.73. The Hall–Kier alpha value is -2.21. The molecule has 4 nitrogen and oxygen atoms in total. The fraction of sp³-hybridized carbons (Fsp3) is 0.0526. The van der Waals surface area contributed by atoms with E-state index in [-0.39, 0.29) is 0 Å². The quantitative estimate of drug-likeness (QED) is 0.367. The van der Waals surface area contributed by atoms with Crippen molar-refractivity contribution in [2.24, 2.45) is 0 Å². The fourth-order valence-electron chi connectivity index (χ4n) is 2.79. The second-order valence-corrected chi connectivity index (χ2v) is 7.51. The van der Waals surface area contributed by atoms with Crippen molar-refractivity contribution >= 4 is 45.7 Å². The molecular weight excluding hydrogens is 387 g/mol. The molecule has 0 saturated carbocycles. The number of hydrogen-bond acceptors (Lipinski definition) is 4. The number of hydrogen-bond donors (Lipinski definition) is 1. The van der Waals surface area contributed by atoms with Gasteiger partial charge < -0.3 is 5.84 Å². The van der Waals surface area contributed by atoms with Crippen LogP contribution in [0.15, 0.2) is 65.8 Å². The Morgan fingerprint density at radius 2 is 1.77 bits per heavy atom. The zero-order chi connectivity index (χ0) is 18.1. The van der Waals surface area contributed by atoms with Gasteiger partial charge in [-0.05, 0) is 34.5 Å².